The summed E-state index contributed by atoms with van der Waals surface area (Å²) in [6.45, 7) is 1.19. The molecule has 0 fully saturated rings. The van der Waals surface area contributed by atoms with Crippen LogP contribution in [-0.2, 0) is 22.7 Å². The standard InChI is InChI=1S/C18H28N2O4/c21-11-3-1-5-17(23)19-13-15-7-9-16(10-8-15)14-20-18(24)6-2-4-12-22/h7-10,21-22H,1-6,11-14H2,(H,19,23)(H,20,24). The van der Waals surface area contributed by atoms with Crippen LogP contribution in [0.4, 0.5) is 0 Å². The smallest absolute Gasteiger partial charge is 0.220 e. The van der Waals surface area contributed by atoms with Crippen LogP contribution in [0.2, 0.25) is 0 Å². The van der Waals surface area contributed by atoms with E-state index in [9.17, 15) is 9.59 Å². The van der Waals surface area contributed by atoms with Crippen LogP contribution in [0.1, 0.15) is 49.7 Å². The number of carbonyl (C=O) groups excluding carboxylic acids is 2. The highest BCUT2D eigenvalue weighted by Crippen LogP contribution is 2.05. The fourth-order valence-corrected chi connectivity index (χ4v) is 2.15. The normalized spacial score (nSPS) is 10.4. The van der Waals surface area contributed by atoms with E-state index in [0.29, 0.717) is 51.6 Å². The molecule has 1 rings (SSSR count). The molecule has 4 N–H and O–H groups in total. The third-order valence-electron chi connectivity index (χ3n) is 3.63. The molecule has 0 saturated carbocycles. The van der Waals surface area contributed by atoms with Gasteiger partial charge in [-0.25, -0.2) is 0 Å². The van der Waals surface area contributed by atoms with E-state index in [0.717, 1.165) is 11.1 Å². The summed E-state index contributed by atoms with van der Waals surface area (Å²) in [6.07, 6.45) is 3.54. The molecule has 24 heavy (non-hydrogen) atoms. The maximum Gasteiger partial charge on any atom is 0.220 e. The average molecular weight is 336 g/mol. The average Bonchev–Trinajstić information content (AvgIpc) is 2.59. The van der Waals surface area contributed by atoms with Gasteiger partial charge in [-0.2, -0.15) is 0 Å². The minimum atomic E-state index is -0.0114. The molecule has 2 amide bonds. The van der Waals surface area contributed by atoms with E-state index in [2.05, 4.69) is 10.6 Å². The van der Waals surface area contributed by atoms with Crippen molar-refractivity contribution in [2.45, 2.75) is 51.6 Å². The summed E-state index contributed by atoms with van der Waals surface area (Å²) in [5, 5.41) is 23.0. The molecule has 0 saturated heterocycles. The molecular formula is C18H28N2O4. The van der Waals surface area contributed by atoms with E-state index in [1.54, 1.807) is 0 Å². The number of hydrogen-bond acceptors (Lipinski definition) is 4. The Labute approximate surface area is 143 Å². The summed E-state index contributed by atoms with van der Waals surface area (Å²) < 4.78 is 0. The fourth-order valence-electron chi connectivity index (χ4n) is 2.15. The van der Waals surface area contributed by atoms with Gasteiger partial charge in [0.15, 0.2) is 0 Å². The van der Waals surface area contributed by atoms with E-state index in [1.807, 2.05) is 24.3 Å². The van der Waals surface area contributed by atoms with Gasteiger partial charge in [0.2, 0.25) is 11.8 Å². The fraction of sp³-hybridized carbons (Fsp3) is 0.556. The molecule has 1 aromatic carbocycles. The van der Waals surface area contributed by atoms with Gasteiger partial charge in [0.1, 0.15) is 0 Å². The summed E-state index contributed by atoms with van der Waals surface area (Å²) in [6, 6.07) is 7.73. The molecule has 134 valence electrons. The van der Waals surface area contributed by atoms with Crippen LogP contribution < -0.4 is 10.6 Å². The summed E-state index contributed by atoms with van der Waals surface area (Å²) in [4.78, 5) is 23.2. The highest BCUT2D eigenvalue weighted by atomic mass is 16.3. The second kappa shape index (κ2) is 12.5. The Morgan fingerprint density at radius 2 is 1.08 bits per heavy atom. The molecule has 0 atom stereocenters. The highest BCUT2D eigenvalue weighted by molar-refractivity contribution is 5.76. The molecule has 1 aromatic rings. The Balaban J connectivity index is 2.25. The minimum absolute atomic E-state index is 0.0114. The van der Waals surface area contributed by atoms with Crippen molar-refractivity contribution in [3.05, 3.63) is 35.4 Å². The van der Waals surface area contributed by atoms with Crippen LogP contribution >= 0.6 is 0 Å². The molecule has 0 bridgehead atoms. The Kier molecular flexibility index (Phi) is 10.5. The Hall–Kier alpha value is -1.92. The van der Waals surface area contributed by atoms with E-state index in [-0.39, 0.29) is 25.0 Å². The lowest BCUT2D eigenvalue weighted by molar-refractivity contribution is -0.122. The summed E-state index contributed by atoms with van der Waals surface area (Å²) in [5.41, 5.74) is 2.01. The molecular weight excluding hydrogens is 308 g/mol. The number of amides is 2. The van der Waals surface area contributed by atoms with Gasteiger partial charge in [-0.05, 0) is 36.8 Å². The molecule has 6 nitrogen and oxygen atoms in total. The Bertz CT molecular complexity index is 443. The second-order valence-corrected chi connectivity index (χ2v) is 5.73. The van der Waals surface area contributed by atoms with E-state index >= 15 is 0 Å². The van der Waals surface area contributed by atoms with Crippen molar-refractivity contribution >= 4 is 11.8 Å². The van der Waals surface area contributed by atoms with E-state index in [4.69, 9.17) is 10.2 Å². The van der Waals surface area contributed by atoms with Gasteiger partial charge < -0.3 is 20.8 Å². The zero-order valence-corrected chi connectivity index (χ0v) is 14.1. The van der Waals surface area contributed by atoms with Gasteiger partial charge in [-0.3, -0.25) is 9.59 Å². The number of hydrogen-bond donors (Lipinski definition) is 4. The van der Waals surface area contributed by atoms with Crippen molar-refractivity contribution in [2.75, 3.05) is 13.2 Å². The van der Waals surface area contributed by atoms with Crippen molar-refractivity contribution in [1.29, 1.82) is 0 Å². The van der Waals surface area contributed by atoms with Crippen molar-refractivity contribution in [1.82, 2.24) is 10.6 Å². The summed E-state index contributed by atoms with van der Waals surface area (Å²) >= 11 is 0. The first kappa shape index (κ1) is 20.1. The summed E-state index contributed by atoms with van der Waals surface area (Å²) in [7, 11) is 0. The minimum Gasteiger partial charge on any atom is -0.396 e. The maximum atomic E-state index is 11.6. The molecule has 6 heteroatoms. The van der Waals surface area contributed by atoms with Crippen LogP contribution in [0.15, 0.2) is 24.3 Å². The maximum absolute atomic E-state index is 11.6. The van der Waals surface area contributed by atoms with Crippen LogP contribution in [0.25, 0.3) is 0 Å². The lowest BCUT2D eigenvalue weighted by Gasteiger charge is -2.08. The van der Waals surface area contributed by atoms with Crippen molar-refractivity contribution < 1.29 is 19.8 Å². The number of aliphatic hydroxyl groups is 2. The number of benzene rings is 1. The molecule has 0 aromatic heterocycles. The first-order chi connectivity index (χ1) is 11.7. The lowest BCUT2D eigenvalue weighted by Crippen LogP contribution is -2.23. The highest BCUT2D eigenvalue weighted by Gasteiger charge is 2.03. The molecule has 0 heterocycles. The lowest BCUT2D eigenvalue weighted by atomic mass is 10.1. The predicted molar refractivity (Wildman–Crippen MR) is 92.0 cm³/mol. The van der Waals surface area contributed by atoms with Crippen LogP contribution in [0.3, 0.4) is 0 Å². The zero-order valence-electron chi connectivity index (χ0n) is 14.1. The van der Waals surface area contributed by atoms with E-state index < -0.39 is 0 Å². The molecule has 0 radical (unpaired) electrons. The first-order valence-corrected chi connectivity index (χ1v) is 8.48. The van der Waals surface area contributed by atoms with Crippen molar-refractivity contribution in [3.63, 3.8) is 0 Å². The van der Waals surface area contributed by atoms with Gasteiger partial charge in [-0.15, -0.1) is 0 Å². The quantitative estimate of drug-likeness (QED) is 0.432. The van der Waals surface area contributed by atoms with Crippen LogP contribution in [-0.4, -0.2) is 35.2 Å². The Morgan fingerprint density at radius 3 is 1.42 bits per heavy atom. The van der Waals surface area contributed by atoms with E-state index in [1.165, 1.54) is 0 Å². The SMILES string of the molecule is O=C(CCCCO)NCc1ccc(CNC(=O)CCCCO)cc1. The number of aliphatic hydroxyl groups excluding tert-OH is 2. The third-order valence-corrected chi connectivity index (χ3v) is 3.63. The van der Waals surface area contributed by atoms with Gasteiger partial charge in [0, 0.05) is 39.1 Å². The van der Waals surface area contributed by atoms with Crippen molar-refractivity contribution in [3.8, 4) is 0 Å². The number of unbranched alkanes of at least 4 members (excludes halogenated alkanes) is 2. The topological polar surface area (TPSA) is 98.7 Å². The number of rotatable bonds is 12. The molecule has 0 spiro atoms. The van der Waals surface area contributed by atoms with Gasteiger partial charge in [0.05, 0.1) is 0 Å². The monoisotopic (exact) mass is 336 g/mol. The van der Waals surface area contributed by atoms with Gasteiger partial charge in [-0.1, -0.05) is 24.3 Å². The number of carbonyl (C=O) groups is 2. The predicted octanol–water partition coefficient (Wildman–Crippen LogP) is 1.24. The van der Waals surface area contributed by atoms with Crippen LogP contribution in [0.5, 0.6) is 0 Å². The molecule has 0 aliphatic rings. The van der Waals surface area contributed by atoms with Crippen LogP contribution in [0, 0.1) is 0 Å². The summed E-state index contributed by atoms with van der Waals surface area (Å²) in [5.74, 6) is -0.0228. The zero-order chi connectivity index (χ0) is 17.6. The van der Waals surface area contributed by atoms with Gasteiger partial charge >= 0.3 is 0 Å². The third kappa shape index (κ3) is 9.27. The number of nitrogens with one attached hydrogen (secondary N) is 2. The second-order valence-electron chi connectivity index (χ2n) is 5.73. The Morgan fingerprint density at radius 1 is 0.708 bits per heavy atom. The van der Waals surface area contributed by atoms with Crippen molar-refractivity contribution in [2.24, 2.45) is 0 Å². The largest absolute Gasteiger partial charge is 0.396 e. The molecule has 0 aliphatic carbocycles. The molecule has 0 aliphatic heterocycles. The first-order valence-electron chi connectivity index (χ1n) is 8.48. The molecule has 0 unspecified atom stereocenters. The van der Waals surface area contributed by atoms with Gasteiger partial charge in [0.25, 0.3) is 0 Å².